The van der Waals surface area contributed by atoms with E-state index in [9.17, 15) is 4.79 Å². The van der Waals surface area contributed by atoms with E-state index in [4.69, 9.17) is 10.2 Å². The zero-order chi connectivity index (χ0) is 11.8. The zero-order valence-corrected chi connectivity index (χ0v) is 9.32. The highest BCUT2D eigenvalue weighted by Crippen LogP contribution is 2.05. The molecular weight excluding hydrogens is 210 g/mol. The molecular formula is C9H17N5O2. The second-order valence-corrected chi connectivity index (χ2v) is 3.38. The summed E-state index contributed by atoms with van der Waals surface area (Å²) in [5, 5.41) is 13.5. The van der Waals surface area contributed by atoms with E-state index in [1.54, 1.807) is 7.05 Å². The molecule has 0 bridgehead atoms. The van der Waals surface area contributed by atoms with E-state index in [-0.39, 0.29) is 5.91 Å². The van der Waals surface area contributed by atoms with Gasteiger partial charge < -0.3 is 20.8 Å². The van der Waals surface area contributed by atoms with Gasteiger partial charge in [0.05, 0.1) is 6.54 Å². The number of carbonyl (C=O) groups is 1. The van der Waals surface area contributed by atoms with Gasteiger partial charge in [0, 0.05) is 13.0 Å². The van der Waals surface area contributed by atoms with Gasteiger partial charge in [-0.15, -0.1) is 5.10 Å². The van der Waals surface area contributed by atoms with Crippen LogP contribution in [-0.4, -0.2) is 29.7 Å². The molecule has 7 heteroatoms. The summed E-state index contributed by atoms with van der Waals surface area (Å²) < 4.78 is 5.26. The van der Waals surface area contributed by atoms with Crippen LogP contribution in [0.25, 0.3) is 0 Å². The Bertz CT molecular complexity index is 325. The Hall–Kier alpha value is -1.63. The lowest BCUT2D eigenvalue weighted by molar-refractivity contribution is -0.118. The van der Waals surface area contributed by atoms with E-state index in [0.717, 1.165) is 12.8 Å². The van der Waals surface area contributed by atoms with Crippen molar-refractivity contribution >= 4 is 11.9 Å². The molecule has 1 rings (SSSR count). The van der Waals surface area contributed by atoms with Crippen molar-refractivity contribution < 1.29 is 9.21 Å². The Kier molecular flexibility index (Phi) is 5.27. The fraction of sp³-hybridized carbons (Fsp3) is 0.667. The second-order valence-electron chi connectivity index (χ2n) is 3.38. The number of nitrogens with two attached hydrogens (primary N) is 1. The number of unbranched alkanes of at least 4 members (excludes halogenated alkanes) is 1. The van der Waals surface area contributed by atoms with Gasteiger partial charge in [-0.05, 0) is 19.9 Å². The van der Waals surface area contributed by atoms with Crippen molar-refractivity contribution in [2.24, 2.45) is 5.73 Å². The number of amides is 1. The molecule has 0 aliphatic heterocycles. The van der Waals surface area contributed by atoms with Crippen molar-refractivity contribution in [1.82, 2.24) is 15.5 Å². The number of rotatable bonds is 8. The standard InChI is InChI=1S/C9H17N5O2/c1-11-6-8-13-14-9(16-8)12-5-3-2-4-7(10)15/h11H,2-6H2,1H3,(H2,10,15)(H,12,14). The van der Waals surface area contributed by atoms with Crippen LogP contribution in [0.5, 0.6) is 0 Å². The van der Waals surface area contributed by atoms with Gasteiger partial charge in [0.1, 0.15) is 0 Å². The lowest BCUT2D eigenvalue weighted by Crippen LogP contribution is -2.10. The highest BCUT2D eigenvalue weighted by Gasteiger charge is 2.03. The fourth-order valence-electron chi connectivity index (χ4n) is 1.17. The molecule has 0 aliphatic rings. The van der Waals surface area contributed by atoms with Crippen LogP contribution in [0.2, 0.25) is 0 Å². The molecule has 0 saturated heterocycles. The Morgan fingerprint density at radius 1 is 1.44 bits per heavy atom. The normalized spacial score (nSPS) is 10.3. The van der Waals surface area contributed by atoms with Crippen LogP contribution >= 0.6 is 0 Å². The summed E-state index contributed by atoms with van der Waals surface area (Å²) >= 11 is 0. The molecule has 1 aromatic heterocycles. The second kappa shape index (κ2) is 6.78. The zero-order valence-electron chi connectivity index (χ0n) is 9.32. The number of anilines is 1. The topological polar surface area (TPSA) is 106 Å². The summed E-state index contributed by atoms with van der Waals surface area (Å²) in [6.07, 6.45) is 2.02. The van der Waals surface area contributed by atoms with Gasteiger partial charge in [-0.25, -0.2) is 0 Å². The van der Waals surface area contributed by atoms with Gasteiger partial charge in [0.25, 0.3) is 0 Å². The van der Waals surface area contributed by atoms with Crippen molar-refractivity contribution in [1.29, 1.82) is 0 Å². The Morgan fingerprint density at radius 2 is 2.25 bits per heavy atom. The predicted molar refractivity (Wildman–Crippen MR) is 58.6 cm³/mol. The molecule has 0 radical (unpaired) electrons. The summed E-state index contributed by atoms with van der Waals surface area (Å²) in [7, 11) is 1.81. The lowest BCUT2D eigenvalue weighted by atomic mass is 10.2. The summed E-state index contributed by atoms with van der Waals surface area (Å²) in [4.78, 5) is 10.5. The van der Waals surface area contributed by atoms with Crippen LogP contribution in [0.4, 0.5) is 6.01 Å². The maximum Gasteiger partial charge on any atom is 0.315 e. The molecule has 1 heterocycles. The number of aromatic nitrogens is 2. The van der Waals surface area contributed by atoms with Crippen LogP contribution < -0.4 is 16.4 Å². The van der Waals surface area contributed by atoms with E-state index in [0.29, 0.717) is 31.4 Å². The SMILES string of the molecule is CNCc1nnc(NCCCCC(N)=O)o1. The van der Waals surface area contributed by atoms with Gasteiger partial charge in [-0.2, -0.15) is 0 Å². The van der Waals surface area contributed by atoms with Gasteiger partial charge in [-0.3, -0.25) is 4.79 Å². The van der Waals surface area contributed by atoms with Gasteiger partial charge in [0.2, 0.25) is 11.8 Å². The highest BCUT2D eigenvalue weighted by molar-refractivity contribution is 5.73. The molecule has 0 fully saturated rings. The van der Waals surface area contributed by atoms with Gasteiger partial charge >= 0.3 is 6.01 Å². The molecule has 4 N–H and O–H groups in total. The van der Waals surface area contributed by atoms with E-state index < -0.39 is 0 Å². The molecule has 0 aliphatic carbocycles. The molecule has 7 nitrogen and oxygen atoms in total. The first-order valence-corrected chi connectivity index (χ1v) is 5.21. The molecule has 0 unspecified atom stereocenters. The van der Waals surface area contributed by atoms with Crippen molar-refractivity contribution in [2.45, 2.75) is 25.8 Å². The lowest BCUT2D eigenvalue weighted by Gasteiger charge is -1.99. The van der Waals surface area contributed by atoms with Crippen LogP contribution in [0.3, 0.4) is 0 Å². The first-order chi connectivity index (χ1) is 7.72. The molecule has 1 amide bonds. The first kappa shape index (κ1) is 12.4. The van der Waals surface area contributed by atoms with Gasteiger partial charge in [0.15, 0.2) is 0 Å². The number of carbonyl (C=O) groups excluding carboxylic acids is 1. The van der Waals surface area contributed by atoms with Crippen LogP contribution in [0, 0.1) is 0 Å². The van der Waals surface area contributed by atoms with Crippen molar-refractivity contribution in [2.75, 3.05) is 18.9 Å². The maximum atomic E-state index is 10.5. The van der Waals surface area contributed by atoms with Gasteiger partial charge in [-0.1, -0.05) is 5.10 Å². The summed E-state index contributed by atoms with van der Waals surface area (Å²) in [6, 6.07) is 0.407. The Labute approximate surface area is 93.8 Å². The average molecular weight is 227 g/mol. The van der Waals surface area contributed by atoms with E-state index in [1.807, 2.05) is 0 Å². The fourth-order valence-corrected chi connectivity index (χ4v) is 1.17. The average Bonchev–Trinajstić information content (AvgIpc) is 2.65. The summed E-state index contributed by atoms with van der Waals surface area (Å²) in [6.45, 7) is 1.24. The summed E-state index contributed by atoms with van der Waals surface area (Å²) in [5.74, 6) is 0.274. The van der Waals surface area contributed by atoms with Crippen molar-refractivity contribution in [3.8, 4) is 0 Å². The minimum absolute atomic E-state index is 0.269. The Balaban J connectivity index is 2.14. The number of nitrogens with zero attached hydrogens (tertiary/aromatic N) is 2. The van der Waals surface area contributed by atoms with Crippen molar-refractivity contribution in [3.05, 3.63) is 5.89 Å². The smallest absolute Gasteiger partial charge is 0.315 e. The molecule has 0 saturated carbocycles. The monoisotopic (exact) mass is 227 g/mol. The molecule has 90 valence electrons. The molecule has 0 atom stereocenters. The number of hydrogen-bond donors (Lipinski definition) is 3. The minimum atomic E-state index is -0.269. The largest absolute Gasteiger partial charge is 0.407 e. The third kappa shape index (κ3) is 4.74. The quantitative estimate of drug-likeness (QED) is 0.533. The Morgan fingerprint density at radius 3 is 2.94 bits per heavy atom. The number of hydrogen-bond acceptors (Lipinski definition) is 6. The van der Waals surface area contributed by atoms with Crippen molar-refractivity contribution in [3.63, 3.8) is 0 Å². The third-order valence-corrected chi connectivity index (χ3v) is 1.92. The van der Waals surface area contributed by atoms with Crippen LogP contribution in [-0.2, 0) is 11.3 Å². The highest BCUT2D eigenvalue weighted by atomic mass is 16.4. The molecule has 0 spiro atoms. The molecule has 0 aromatic carbocycles. The van der Waals surface area contributed by atoms with E-state index in [2.05, 4.69) is 20.8 Å². The van der Waals surface area contributed by atoms with Crippen LogP contribution in [0.1, 0.15) is 25.2 Å². The maximum absolute atomic E-state index is 10.5. The number of nitrogens with one attached hydrogen (secondary N) is 2. The first-order valence-electron chi connectivity index (χ1n) is 5.21. The minimum Gasteiger partial charge on any atom is -0.407 e. The predicted octanol–water partition coefficient (Wildman–Crippen LogP) is -0.143. The van der Waals surface area contributed by atoms with E-state index >= 15 is 0 Å². The number of primary amides is 1. The van der Waals surface area contributed by atoms with Crippen LogP contribution in [0.15, 0.2) is 4.42 Å². The molecule has 16 heavy (non-hydrogen) atoms. The summed E-state index contributed by atoms with van der Waals surface area (Å²) in [5.41, 5.74) is 5.02. The molecule has 1 aromatic rings. The van der Waals surface area contributed by atoms with E-state index in [1.165, 1.54) is 0 Å². The third-order valence-electron chi connectivity index (χ3n) is 1.92.